The van der Waals surface area contributed by atoms with Crippen LogP contribution < -0.4 is 14.8 Å². The van der Waals surface area contributed by atoms with Gasteiger partial charge >= 0.3 is 6.18 Å². The number of nitrogens with one attached hydrogen (secondary N) is 1. The van der Waals surface area contributed by atoms with Gasteiger partial charge in [-0.1, -0.05) is 0 Å². The maximum Gasteiger partial charge on any atom is 0.389 e. The average molecular weight is 419 g/mol. The largest absolute Gasteiger partial charge is 0.496 e. The van der Waals surface area contributed by atoms with Gasteiger partial charge in [-0.3, -0.25) is 4.90 Å². The SMILES string of the molecule is COc1cc(C)cc(OC)c1[C@@H](CCC(F)(F)F)N1CCNCC1.Cl.Cl. The molecule has 1 aliphatic rings. The number of rotatable bonds is 6. The van der Waals surface area contributed by atoms with Crippen molar-refractivity contribution in [2.75, 3.05) is 40.4 Å². The van der Waals surface area contributed by atoms with Crippen molar-refractivity contribution in [2.24, 2.45) is 0 Å². The highest BCUT2D eigenvalue weighted by atomic mass is 35.5. The van der Waals surface area contributed by atoms with E-state index in [9.17, 15) is 13.2 Å². The number of hydrogen-bond acceptors (Lipinski definition) is 4. The maximum absolute atomic E-state index is 12.8. The molecular weight excluding hydrogens is 392 g/mol. The first-order valence-electron chi connectivity index (χ1n) is 8.09. The van der Waals surface area contributed by atoms with Crippen molar-refractivity contribution in [3.05, 3.63) is 23.3 Å². The van der Waals surface area contributed by atoms with Crippen LogP contribution in [0.2, 0.25) is 0 Å². The third kappa shape index (κ3) is 6.68. The third-order valence-electron chi connectivity index (χ3n) is 4.32. The number of aryl methyl sites for hydroxylation is 1. The first-order valence-corrected chi connectivity index (χ1v) is 8.09. The molecule has 1 heterocycles. The molecule has 0 bridgehead atoms. The fourth-order valence-electron chi connectivity index (χ4n) is 3.20. The van der Waals surface area contributed by atoms with E-state index >= 15 is 0 Å². The fraction of sp³-hybridized carbons (Fsp3) is 0.647. The van der Waals surface area contributed by atoms with Gasteiger partial charge in [0.25, 0.3) is 0 Å². The average Bonchev–Trinajstić information content (AvgIpc) is 2.55. The Hall–Kier alpha value is -0.890. The number of halogens is 5. The Kier molecular flexibility index (Phi) is 10.7. The van der Waals surface area contributed by atoms with Crippen molar-refractivity contribution >= 4 is 24.8 Å². The summed E-state index contributed by atoms with van der Waals surface area (Å²) in [6.45, 7) is 4.83. The molecule has 0 aliphatic carbocycles. The minimum absolute atomic E-state index is 0. The number of benzene rings is 1. The summed E-state index contributed by atoms with van der Waals surface area (Å²) in [6.07, 6.45) is -5.03. The Morgan fingerprint density at radius 2 is 1.58 bits per heavy atom. The van der Waals surface area contributed by atoms with Crippen molar-refractivity contribution < 1.29 is 22.6 Å². The molecule has 0 unspecified atom stereocenters. The normalized spacial score (nSPS) is 16.2. The summed E-state index contributed by atoms with van der Waals surface area (Å²) in [4.78, 5) is 2.08. The summed E-state index contributed by atoms with van der Waals surface area (Å²) in [5.41, 5.74) is 1.65. The monoisotopic (exact) mass is 418 g/mol. The topological polar surface area (TPSA) is 33.7 Å². The van der Waals surface area contributed by atoms with Crippen molar-refractivity contribution in [1.29, 1.82) is 0 Å². The van der Waals surface area contributed by atoms with Crippen LogP contribution in [0.15, 0.2) is 12.1 Å². The maximum atomic E-state index is 12.8. The second-order valence-electron chi connectivity index (χ2n) is 6.04. The lowest BCUT2D eigenvalue weighted by atomic mass is 9.96. The molecule has 26 heavy (non-hydrogen) atoms. The van der Waals surface area contributed by atoms with E-state index in [-0.39, 0.29) is 37.3 Å². The van der Waals surface area contributed by atoms with E-state index in [2.05, 4.69) is 10.2 Å². The molecule has 9 heteroatoms. The molecule has 0 aromatic heterocycles. The highest BCUT2D eigenvalue weighted by molar-refractivity contribution is 5.85. The third-order valence-corrected chi connectivity index (χ3v) is 4.32. The summed E-state index contributed by atoms with van der Waals surface area (Å²) in [5.74, 6) is 1.16. The number of piperazine rings is 1. The Bertz CT molecular complexity index is 528. The van der Waals surface area contributed by atoms with Gasteiger partial charge in [0.15, 0.2) is 0 Å². The van der Waals surface area contributed by atoms with Crippen LogP contribution in [0.5, 0.6) is 11.5 Å². The summed E-state index contributed by atoms with van der Waals surface area (Å²) in [5, 5.41) is 3.23. The Labute approximate surface area is 165 Å². The lowest BCUT2D eigenvalue weighted by molar-refractivity contribution is -0.138. The number of ether oxygens (including phenoxy) is 2. The van der Waals surface area contributed by atoms with Crippen LogP contribution >= 0.6 is 24.8 Å². The van der Waals surface area contributed by atoms with Gasteiger partial charge in [0.05, 0.1) is 19.8 Å². The molecule has 152 valence electrons. The van der Waals surface area contributed by atoms with Gasteiger partial charge in [0.2, 0.25) is 0 Å². The van der Waals surface area contributed by atoms with E-state index < -0.39 is 12.6 Å². The highest BCUT2D eigenvalue weighted by Crippen LogP contribution is 2.42. The lowest BCUT2D eigenvalue weighted by Gasteiger charge is -2.36. The van der Waals surface area contributed by atoms with Crippen LogP contribution in [-0.4, -0.2) is 51.5 Å². The van der Waals surface area contributed by atoms with Crippen molar-refractivity contribution in [3.8, 4) is 11.5 Å². The van der Waals surface area contributed by atoms with E-state index in [0.29, 0.717) is 30.2 Å². The van der Waals surface area contributed by atoms with Crippen LogP contribution in [0.4, 0.5) is 13.2 Å². The summed E-state index contributed by atoms with van der Waals surface area (Å²) in [6, 6.07) is 3.31. The second kappa shape index (κ2) is 11.1. The number of alkyl halides is 3. The molecule has 1 saturated heterocycles. The highest BCUT2D eigenvalue weighted by Gasteiger charge is 2.34. The van der Waals surface area contributed by atoms with Gasteiger partial charge in [-0.25, -0.2) is 0 Å². The second-order valence-corrected chi connectivity index (χ2v) is 6.04. The Morgan fingerprint density at radius 1 is 1.08 bits per heavy atom. The zero-order valence-corrected chi connectivity index (χ0v) is 16.8. The predicted octanol–water partition coefficient (Wildman–Crippen LogP) is 4.14. The minimum atomic E-state index is -4.18. The van der Waals surface area contributed by atoms with Crippen molar-refractivity contribution in [3.63, 3.8) is 0 Å². The molecule has 1 N–H and O–H groups in total. The van der Waals surface area contributed by atoms with Crippen molar-refractivity contribution in [1.82, 2.24) is 10.2 Å². The van der Waals surface area contributed by atoms with Crippen LogP contribution in [0.25, 0.3) is 0 Å². The van der Waals surface area contributed by atoms with Crippen LogP contribution in [0.3, 0.4) is 0 Å². The van der Waals surface area contributed by atoms with E-state index in [0.717, 1.165) is 18.7 Å². The van der Waals surface area contributed by atoms with E-state index in [1.54, 1.807) is 0 Å². The molecule has 2 rings (SSSR count). The molecule has 1 atom stereocenters. The molecule has 1 aliphatic heterocycles. The molecular formula is C17H27Cl2F3N2O2. The Balaban J connectivity index is 0.00000312. The van der Waals surface area contributed by atoms with E-state index in [1.807, 2.05) is 19.1 Å². The fourth-order valence-corrected chi connectivity index (χ4v) is 3.20. The summed E-state index contributed by atoms with van der Waals surface area (Å²) < 4.78 is 49.4. The van der Waals surface area contributed by atoms with Crippen LogP contribution in [-0.2, 0) is 0 Å². The van der Waals surface area contributed by atoms with Crippen molar-refractivity contribution in [2.45, 2.75) is 32.0 Å². The quantitative estimate of drug-likeness (QED) is 0.752. The zero-order valence-electron chi connectivity index (χ0n) is 15.2. The summed E-state index contributed by atoms with van der Waals surface area (Å²) >= 11 is 0. The van der Waals surface area contributed by atoms with Crippen LogP contribution in [0, 0.1) is 6.92 Å². The molecule has 1 fully saturated rings. The molecule has 1 aromatic rings. The van der Waals surface area contributed by atoms with Gasteiger partial charge in [-0.15, -0.1) is 24.8 Å². The first kappa shape index (κ1) is 25.1. The minimum Gasteiger partial charge on any atom is -0.496 e. The van der Waals surface area contributed by atoms with Gasteiger partial charge < -0.3 is 14.8 Å². The molecule has 0 radical (unpaired) electrons. The zero-order chi connectivity index (χ0) is 17.7. The number of methoxy groups -OCH3 is 2. The van der Waals surface area contributed by atoms with E-state index in [1.165, 1.54) is 14.2 Å². The first-order chi connectivity index (χ1) is 11.4. The number of hydrogen-bond donors (Lipinski definition) is 1. The van der Waals surface area contributed by atoms with Gasteiger partial charge in [0, 0.05) is 38.6 Å². The molecule has 0 spiro atoms. The lowest BCUT2D eigenvalue weighted by Crippen LogP contribution is -2.45. The molecule has 0 amide bonds. The van der Waals surface area contributed by atoms with Crippen LogP contribution in [0.1, 0.15) is 30.0 Å². The smallest absolute Gasteiger partial charge is 0.389 e. The summed E-state index contributed by atoms with van der Waals surface area (Å²) in [7, 11) is 3.08. The van der Waals surface area contributed by atoms with Gasteiger partial charge in [-0.05, 0) is 31.0 Å². The number of nitrogens with zero attached hydrogens (tertiary/aromatic N) is 1. The van der Waals surface area contributed by atoms with Gasteiger partial charge in [-0.2, -0.15) is 13.2 Å². The molecule has 0 saturated carbocycles. The standard InChI is InChI=1S/C17H25F3N2O2.2ClH/c1-12-10-14(23-2)16(15(11-12)24-3)13(4-5-17(18,19)20)22-8-6-21-7-9-22;;/h10-11,13,21H,4-9H2,1-3H3;2*1H/t13-;;/m1../s1. The Morgan fingerprint density at radius 3 is 2.00 bits per heavy atom. The molecule has 1 aromatic carbocycles. The van der Waals surface area contributed by atoms with E-state index in [4.69, 9.17) is 9.47 Å². The molecule has 4 nitrogen and oxygen atoms in total. The van der Waals surface area contributed by atoms with Gasteiger partial charge in [0.1, 0.15) is 11.5 Å². The predicted molar refractivity (Wildman–Crippen MR) is 101 cm³/mol.